The number of anilines is 2. The van der Waals surface area contributed by atoms with Crippen LogP contribution in [0.4, 0.5) is 11.9 Å². The second-order valence-electron chi connectivity index (χ2n) is 17.2. The van der Waals surface area contributed by atoms with Gasteiger partial charge >= 0.3 is 11.9 Å². The Bertz CT molecular complexity index is 3280. The fraction of sp³-hybridized carbons (Fsp3) is 0.378. The van der Waals surface area contributed by atoms with Crippen LogP contribution >= 0.6 is 22.7 Å². The van der Waals surface area contributed by atoms with Gasteiger partial charge in [-0.15, -0.1) is 22.7 Å². The minimum atomic E-state index is -1.23. The number of hydrogen-bond donors (Lipinski definition) is 2. The number of aromatic nitrogens is 6. The van der Waals surface area contributed by atoms with Gasteiger partial charge in [-0.2, -0.15) is 9.97 Å². The molecule has 4 saturated heterocycles. The van der Waals surface area contributed by atoms with Gasteiger partial charge in [-0.3, -0.25) is 18.4 Å². The average molecular weight is 885 g/mol. The van der Waals surface area contributed by atoms with Crippen molar-refractivity contribution < 1.29 is 19.4 Å². The van der Waals surface area contributed by atoms with E-state index in [1.54, 1.807) is 13.1 Å². The summed E-state index contributed by atoms with van der Waals surface area (Å²) in [5.41, 5.74) is 1.67. The molecule has 4 fully saturated rings. The molecule has 4 aliphatic rings. The molecule has 0 bridgehead atoms. The van der Waals surface area contributed by atoms with E-state index in [0.717, 1.165) is 72.8 Å². The Morgan fingerprint density at radius 2 is 1.21 bits per heavy atom. The monoisotopic (exact) mass is 884 g/mol. The van der Waals surface area contributed by atoms with E-state index in [1.807, 2.05) is 57.3 Å². The molecule has 0 aliphatic carbocycles. The van der Waals surface area contributed by atoms with Gasteiger partial charge in [0.2, 0.25) is 22.8 Å². The lowest BCUT2D eigenvalue weighted by molar-refractivity contribution is 0.0526. The Morgan fingerprint density at radius 3 is 1.70 bits per heavy atom. The molecular formula is C45H44N10O6S2. The van der Waals surface area contributed by atoms with Gasteiger partial charge in [-0.1, -0.05) is 24.3 Å². The van der Waals surface area contributed by atoms with Crippen molar-refractivity contribution in [2.75, 3.05) is 68.8 Å². The van der Waals surface area contributed by atoms with E-state index in [-0.39, 0.29) is 28.5 Å². The number of esters is 1. The van der Waals surface area contributed by atoms with E-state index < -0.39 is 17.4 Å². The lowest BCUT2D eigenvalue weighted by Gasteiger charge is -2.24. The van der Waals surface area contributed by atoms with Crippen molar-refractivity contribution in [3.8, 4) is 0 Å². The Balaban J connectivity index is 0.000000141. The molecule has 2 N–H and O–H groups in total. The van der Waals surface area contributed by atoms with Gasteiger partial charge < -0.3 is 29.9 Å². The van der Waals surface area contributed by atoms with Crippen LogP contribution in [0.3, 0.4) is 0 Å². The van der Waals surface area contributed by atoms with Crippen molar-refractivity contribution in [2.45, 2.75) is 26.8 Å². The molecule has 4 unspecified atom stereocenters. The first-order valence-corrected chi connectivity index (χ1v) is 23.0. The Hall–Kier alpha value is -6.08. The third-order valence-corrected chi connectivity index (χ3v) is 15.5. The first kappa shape index (κ1) is 39.7. The number of nitrogens with zero attached hydrogens (tertiary/aromatic N) is 9. The largest absolute Gasteiger partial charge is 0.477 e. The molecule has 0 radical (unpaired) electrons. The fourth-order valence-corrected chi connectivity index (χ4v) is 12.4. The molecule has 10 heterocycles. The van der Waals surface area contributed by atoms with Crippen LogP contribution in [0.2, 0.25) is 0 Å². The molecule has 4 aliphatic heterocycles. The van der Waals surface area contributed by atoms with Crippen molar-refractivity contribution in [1.29, 1.82) is 0 Å². The molecule has 322 valence electrons. The van der Waals surface area contributed by atoms with E-state index in [1.165, 1.54) is 28.9 Å². The van der Waals surface area contributed by atoms with Crippen LogP contribution in [0.5, 0.6) is 0 Å². The van der Waals surface area contributed by atoms with Crippen LogP contribution in [0.25, 0.3) is 52.2 Å². The highest BCUT2D eigenvalue weighted by molar-refractivity contribution is 7.24. The molecule has 0 spiro atoms. The van der Waals surface area contributed by atoms with Crippen molar-refractivity contribution in [1.82, 2.24) is 39.0 Å². The van der Waals surface area contributed by atoms with Crippen LogP contribution in [0.1, 0.15) is 41.5 Å². The summed E-state index contributed by atoms with van der Waals surface area (Å²) in [7, 11) is 0. The molecule has 16 nitrogen and oxygen atoms in total. The molecular weight excluding hydrogens is 841 g/mol. The van der Waals surface area contributed by atoms with Gasteiger partial charge in [-0.25, -0.2) is 19.6 Å². The second kappa shape index (κ2) is 15.3. The summed E-state index contributed by atoms with van der Waals surface area (Å²) in [6.45, 7) is 14.3. The summed E-state index contributed by atoms with van der Waals surface area (Å²) >= 11 is 2.71. The van der Waals surface area contributed by atoms with Gasteiger partial charge in [0.25, 0.3) is 0 Å². The van der Waals surface area contributed by atoms with Crippen LogP contribution in [0, 0.1) is 23.7 Å². The minimum absolute atomic E-state index is 0.0497. The van der Waals surface area contributed by atoms with Gasteiger partial charge in [0.15, 0.2) is 11.3 Å². The number of ether oxygens (including phenoxy) is 1. The lowest BCUT2D eigenvalue weighted by Crippen LogP contribution is -2.33. The van der Waals surface area contributed by atoms with Crippen molar-refractivity contribution in [3.63, 3.8) is 0 Å². The van der Waals surface area contributed by atoms with Gasteiger partial charge in [-0.05, 0) is 68.7 Å². The number of carboxylic acid groups (broad SMARTS) is 1. The Kier molecular flexibility index (Phi) is 9.67. The van der Waals surface area contributed by atoms with Crippen LogP contribution in [0.15, 0.2) is 70.5 Å². The summed E-state index contributed by atoms with van der Waals surface area (Å²) in [5, 5.41) is 13.8. The molecule has 18 heteroatoms. The molecule has 63 heavy (non-hydrogen) atoms. The molecule has 8 aromatic rings. The molecule has 4 atom stereocenters. The van der Waals surface area contributed by atoms with Crippen LogP contribution < -0.4 is 26.0 Å². The smallest absolute Gasteiger partial charge is 0.345 e. The first-order chi connectivity index (χ1) is 30.6. The number of carboxylic acids is 1. The van der Waals surface area contributed by atoms with Crippen LogP contribution in [-0.2, 0) is 4.74 Å². The highest BCUT2D eigenvalue weighted by atomic mass is 32.1. The molecule has 0 amide bonds. The number of pyridine rings is 2. The predicted octanol–water partition coefficient (Wildman–Crippen LogP) is 5.22. The van der Waals surface area contributed by atoms with Gasteiger partial charge in [0.1, 0.15) is 20.8 Å². The summed E-state index contributed by atoms with van der Waals surface area (Å²) in [4.78, 5) is 77.7. The fourth-order valence-electron chi connectivity index (χ4n) is 10.1. The standard InChI is InChI=1S/C23H23N5O3S.C22H21N5O3S/c1-12(2)26-8-13-10-27(11-14(13)9-26)23-24-7-15-19(29)18(22(30)31)21-28(20(15)25-23)16-5-3-4-6-17(16)32-21;1-2-30-21(29)17-18(28)14-9-24-22(26-10-12-7-23-8-13(12)11-26)25-19(14)27-15-5-3-4-6-16(15)31-20(17)27/h3-7,12-14H,8-11H2,1-2H3,(H,30,31);3-6,9,12-13,23H,2,7-8,10-11H2,1H3. The first-order valence-electron chi connectivity index (χ1n) is 21.4. The maximum absolute atomic E-state index is 13.3. The van der Waals surface area contributed by atoms with E-state index in [9.17, 15) is 24.3 Å². The molecule has 6 aromatic heterocycles. The molecule has 12 rings (SSSR count). The van der Waals surface area contributed by atoms with E-state index in [0.29, 0.717) is 68.0 Å². The maximum Gasteiger partial charge on any atom is 0.345 e. The van der Waals surface area contributed by atoms with E-state index in [4.69, 9.17) is 14.7 Å². The minimum Gasteiger partial charge on any atom is -0.477 e. The lowest BCUT2D eigenvalue weighted by atomic mass is 10.0. The summed E-state index contributed by atoms with van der Waals surface area (Å²) in [6.07, 6.45) is 3.06. The number of carbonyl (C=O) groups is 2. The molecule has 2 aromatic carbocycles. The number of nitrogens with one attached hydrogen (secondary N) is 1. The number of benzene rings is 2. The quantitative estimate of drug-likeness (QED) is 0.208. The zero-order valence-corrected chi connectivity index (χ0v) is 36.5. The highest BCUT2D eigenvalue weighted by Gasteiger charge is 2.42. The third kappa shape index (κ3) is 6.44. The number of fused-ring (bicyclic) bond motifs is 12. The normalized spacial score (nSPS) is 21.1. The number of likely N-dealkylation sites (tertiary alicyclic amines) is 1. The third-order valence-electron chi connectivity index (χ3n) is 13.2. The van der Waals surface area contributed by atoms with Gasteiger partial charge in [0, 0.05) is 70.8 Å². The van der Waals surface area contributed by atoms with E-state index >= 15 is 0 Å². The van der Waals surface area contributed by atoms with Gasteiger partial charge in [0.05, 0.1) is 37.8 Å². The number of thiazole rings is 2. The van der Waals surface area contributed by atoms with E-state index in [2.05, 4.69) is 43.8 Å². The highest BCUT2D eigenvalue weighted by Crippen LogP contribution is 2.36. The van der Waals surface area contributed by atoms with Crippen molar-refractivity contribution in [2.24, 2.45) is 23.7 Å². The summed E-state index contributed by atoms with van der Waals surface area (Å²) in [6, 6.07) is 16.1. The molecule has 0 saturated carbocycles. The van der Waals surface area contributed by atoms with Crippen molar-refractivity contribution >= 4 is 98.7 Å². The zero-order chi connectivity index (χ0) is 43.3. The number of rotatable bonds is 6. The predicted molar refractivity (Wildman–Crippen MR) is 245 cm³/mol. The SMILES string of the molecule is CC(C)N1CC2CN(c3ncc4c(=O)c(C(=O)O)c5sc6ccccc6n5c4n3)CC2C1.CCOC(=O)c1c(=O)c2cnc(N3CC4CNCC4C3)nc2n2c1sc1ccccc12. The number of hydrogen-bond acceptors (Lipinski definition) is 15. The summed E-state index contributed by atoms with van der Waals surface area (Å²) < 4.78 is 10.8. The van der Waals surface area contributed by atoms with Crippen molar-refractivity contribution in [3.05, 3.63) is 92.5 Å². The van der Waals surface area contributed by atoms with Crippen LogP contribution in [-0.4, -0.2) is 116 Å². The second-order valence-corrected chi connectivity index (χ2v) is 19.3. The summed E-state index contributed by atoms with van der Waals surface area (Å²) in [5.74, 6) is 1.80. The maximum atomic E-state index is 13.3. The average Bonchev–Trinajstić information content (AvgIpc) is 4.13. The Labute approximate surface area is 367 Å². The Morgan fingerprint density at radius 1 is 0.730 bits per heavy atom. The number of aromatic carboxylic acids is 1. The number of carbonyl (C=O) groups excluding carboxylic acids is 1. The topological polar surface area (TPSA) is 180 Å². The zero-order valence-electron chi connectivity index (χ0n) is 34.9. The number of para-hydroxylation sites is 2.